The van der Waals surface area contributed by atoms with Crippen LogP contribution in [-0.4, -0.2) is 30.1 Å². The molecule has 0 spiro atoms. The standard InChI is InChI=1S/C22H24N4O4/c1-14(2)25-22(29)24-13-16-7-9-18(10-8-16)21(28)30-15(3)20(27)26-19-6-4-5-17(11-19)12-23/h4-11,14-15H,13H2,1-3H3,(H,26,27)(H2,24,25,29). The van der Waals surface area contributed by atoms with Gasteiger partial charge in [0.05, 0.1) is 17.2 Å². The zero-order valence-corrected chi connectivity index (χ0v) is 17.1. The zero-order chi connectivity index (χ0) is 22.1. The number of rotatable bonds is 7. The van der Waals surface area contributed by atoms with E-state index >= 15 is 0 Å². The first kappa shape index (κ1) is 22.4. The predicted octanol–water partition coefficient (Wildman–Crippen LogP) is 2.95. The molecule has 3 N–H and O–H groups in total. The van der Waals surface area contributed by atoms with E-state index in [-0.39, 0.29) is 17.6 Å². The molecule has 0 aromatic heterocycles. The summed E-state index contributed by atoms with van der Waals surface area (Å²) in [4.78, 5) is 36.1. The van der Waals surface area contributed by atoms with Crippen molar-refractivity contribution in [3.05, 3.63) is 65.2 Å². The van der Waals surface area contributed by atoms with Crippen LogP contribution in [0.15, 0.2) is 48.5 Å². The highest BCUT2D eigenvalue weighted by Gasteiger charge is 2.19. The summed E-state index contributed by atoms with van der Waals surface area (Å²) in [6.45, 7) is 5.51. The minimum atomic E-state index is -1.02. The Balaban J connectivity index is 1.87. The Hall–Kier alpha value is -3.86. The molecule has 0 radical (unpaired) electrons. The average molecular weight is 408 g/mol. The van der Waals surface area contributed by atoms with Gasteiger partial charge >= 0.3 is 12.0 Å². The number of amides is 3. The summed E-state index contributed by atoms with van der Waals surface area (Å²) in [5, 5.41) is 17.0. The second kappa shape index (κ2) is 10.6. The lowest BCUT2D eigenvalue weighted by Gasteiger charge is -2.14. The summed E-state index contributed by atoms with van der Waals surface area (Å²) >= 11 is 0. The van der Waals surface area contributed by atoms with Gasteiger partial charge in [0, 0.05) is 18.3 Å². The van der Waals surface area contributed by atoms with Crippen molar-refractivity contribution in [2.45, 2.75) is 39.5 Å². The second-order valence-electron chi connectivity index (χ2n) is 6.91. The monoisotopic (exact) mass is 408 g/mol. The number of benzene rings is 2. The molecule has 8 nitrogen and oxygen atoms in total. The second-order valence-corrected chi connectivity index (χ2v) is 6.91. The molecule has 1 unspecified atom stereocenters. The highest BCUT2D eigenvalue weighted by molar-refractivity contribution is 5.97. The fraction of sp³-hybridized carbons (Fsp3) is 0.273. The van der Waals surface area contributed by atoms with Crippen molar-refractivity contribution in [1.29, 1.82) is 5.26 Å². The van der Waals surface area contributed by atoms with Gasteiger partial charge in [0.15, 0.2) is 6.10 Å². The van der Waals surface area contributed by atoms with Crippen LogP contribution in [0, 0.1) is 11.3 Å². The van der Waals surface area contributed by atoms with Gasteiger partial charge in [-0.3, -0.25) is 4.79 Å². The molecule has 2 aromatic carbocycles. The van der Waals surface area contributed by atoms with Crippen molar-refractivity contribution in [2.24, 2.45) is 0 Å². The maximum Gasteiger partial charge on any atom is 0.338 e. The fourth-order valence-electron chi connectivity index (χ4n) is 2.45. The number of hydrogen-bond donors (Lipinski definition) is 3. The van der Waals surface area contributed by atoms with Crippen LogP contribution in [0.2, 0.25) is 0 Å². The van der Waals surface area contributed by atoms with Gasteiger partial charge in [0.25, 0.3) is 5.91 Å². The highest BCUT2D eigenvalue weighted by atomic mass is 16.5. The van der Waals surface area contributed by atoms with Gasteiger partial charge < -0.3 is 20.7 Å². The summed E-state index contributed by atoms with van der Waals surface area (Å²) in [5.74, 6) is -1.14. The van der Waals surface area contributed by atoms with Gasteiger partial charge in [-0.05, 0) is 56.7 Å². The lowest BCUT2D eigenvalue weighted by atomic mass is 10.1. The highest BCUT2D eigenvalue weighted by Crippen LogP contribution is 2.12. The van der Waals surface area contributed by atoms with E-state index in [0.717, 1.165) is 5.56 Å². The van der Waals surface area contributed by atoms with E-state index in [1.165, 1.54) is 13.0 Å². The van der Waals surface area contributed by atoms with Gasteiger partial charge in [-0.1, -0.05) is 18.2 Å². The van der Waals surface area contributed by atoms with E-state index in [9.17, 15) is 14.4 Å². The number of nitrogens with zero attached hydrogens (tertiary/aromatic N) is 1. The van der Waals surface area contributed by atoms with E-state index in [4.69, 9.17) is 10.00 Å². The Morgan fingerprint density at radius 1 is 1.07 bits per heavy atom. The third-order valence-corrected chi connectivity index (χ3v) is 3.97. The number of carbonyl (C=O) groups excluding carboxylic acids is 3. The van der Waals surface area contributed by atoms with Crippen LogP contribution in [0.4, 0.5) is 10.5 Å². The van der Waals surface area contributed by atoms with Crippen molar-refractivity contribution in [3.63, 3.8) is 0 Å². The lowest BCUT2D eigenvalue weighted by Crippen LogP contribution is -2.39. The molecule has 30 heavy (non-hydrogen) atoms. The average Bonchev–Trinajstić information content (AvgIpc) is 2.72. The first-order valence-corrected chi connectivity index (χ1v) is 9.44. The molecule has 0 aliphatic rings. The van der Waals surface area contributed by atoms with E-state index < -0.39 is 18.0 Å². The molecule has 8 heteroatoms. The van der Waals surface area contributed by atoms with Crippen molar-refractivity contribution in [3.8, 4) is 6.07 Å². The van der Waals surface area contributed by atoms with Crippen LogP contribution in [0.3, 0.4) is 0 Å². The third-order valence-electron chi connectivity index (χ3n) is 3.97. The van der Waals surface area contributed by atoms with Crippen LogP contribution in [-0.2, 0) is 16.1 Å². The van der Waals surface area contributed by atoms with Crippen LogP contribution in [0.1, 0.15) is 42.3 Å². The normalized spacial score (nSPS) is 11.2. The third kappa shape index (κ3) is 6.95. The van der Waals surface area contributed by atoms with Crippen LogP contribution < -0.4 is 16.0 Å². The fourth-order valence-corrected chi connectivity index (χ4v) is 2.45. The van der Waals surface area contributed by atoms with Crippen LogP contribution in [0.25, 0.3) is 0 Å². The minimum Gasteiger partial charge on any atom is -0.449 e. The molecule has 156 valence electrons. The quantitative estimate of drug-likeness (QED) is 0.608. The number of urea groups is 1. The summed E-state index contributed by atoms with van der Waals surface area (Å²) in [6, 6.07) is 14.7. The summed E-state index contributed by atoms with van der Waals surface area (Å²) < 4.78 is 5.21. The molecule has 0 fully saturated rings. The first-order chi connectivity index (χ1) is 14.3. The number of hydrogen-bond acceptors (Lipinski definition) is 5. The Labute approximate surface area is 175 Å². The van der Waals surface area contributed by atoms with Gasteiger partial charge in [0.1, 0.15) is 0 Å². The largest absolute Gasteiger partial charge is 0.449 e. The number of nitrogens with one attached hydrogen (secondary N) is 3. The lowest BCUT2D eigenvalue weighted by molar-refractivity contribution is -0.123. The van der Waals surface area contributed by atoms with Gasteiger partial charge in [0.2, 0.25) is 0 Å². The molecular formula is C22H24N4O4. The number of esters is 1. The molecule has 0 aliphatic heterocycles. The molecule has 3 amide bonds. The Kier molecular flexibility index (Phi) is 7.94. The van der Waals surface area contributed by atoms with E-state index in [2.05, 4.69) is 16.0 Å². The molecule has 2 rings (SSSR count). The van der Waals surface area contributed by atoms with Crippen molar-refractivity contribution < 1.29 is 19.1 Å². The number of carbonyl (C=O) groups is 3. The number of nitriles is 1. The summed E-state index contributed by atoms with van der Waals surface area (Å²) in [6.07, 6.45) is -1.02. The molecule has 0 saturated carbocycles. The molecular weight excluding hydrogens is 384 g/mol. The number of anilines is 1. The minimum absolute atomic E-state index is 0.0385. The smallest absolute Gasteiger partial charge is 0.338 e. The zero-order valence-electron chi connectivity index (χ0n) is 17.1. The van der Waals surface area contributed by atoms with Crippen LogP contribution >= 0.6 is 0 Å². The maximum absolute atomic E-state index is 12.3. The Morgan fingerprint density at radius 2 is 1.77 bits per heavy atom. The van der Waals surface area contributed by atoms with Crippen molar-refractivity contribution in [2.75, 3.05) is 5.32 Å². The van der Waals surface area contributed by atoms with Gasteiger partial charge in [-0.2, -0.15) is 5.26 Å². The number of ether oxygens (including phenoxy) is 1. The maximum atomic E-state index is 12.3. The SMILES string of the molecule is CC(C)NC(=O)NCc1ccc(C(=O)OC(C)C(=O)Nc2cccc(C#N)c2)cc1. The molecule has 1 atom stereocenters. The Bertz CT molecular complexity index is 948. The van der Waals surface area contributed by atoms with Crippen LogP contribution in [0.5, 0.6) is 0 Å². The molecule has 2 aromatic rings. The Morgan fingerprint density at radius 3 is 2.40 bits per heavy atom. The molecule has 0 saturated heterocycles. The van der Waals surface area contributed by atoms with Gasteiger partial charge in [-0.15, -0.1) is 0 Å². The van der Waals surface area contributed by atoms with E-state index in [1.807, 2.05) is 19.9 Å². The molecule has 0 bridgehead atoms. The molecule has 0 aliphatic carbocycles. The molecule has 0 heterocycles. The van der Waals surface area contributed by atoms with E-state index in [0.29, 0.717) is 17.8 Å². The predicted molar refractivity (Wildman–Crippen MR) is 112 cm³/mol. The van der Waals surface area contributed by atoms with Crippen molar-refractivity contribution in [1.82, 2.24) is 10.6 Å². The summed E-state index contributed by atoms with van der Waals surface area (Å²) in [5.41, 5.74) is 1.96. The summed E-state index contributed by atoms with van der Waals surface area (Å²) in [7, 11) is 0. The van der Waals surface area contributed by atoms with E-state index in [1.54, 1.807) is 42.5 Å². The first-order valence-electron chi connectivity index (χ1n) is 9.44. The topological polar surface area (TPSA) is 120 Å². The van der Waals surface area contributed by atoms with Crippen molar-refractivity contribution >= 4 is 23.6 Å². The van der Waals surface area contributed by atoms with Gasteiger partial charge in [-0.25, -0.2) is 9.59 Å².